The van der Waals surface area contributed by atoms with E-state index in [9.17, 15) is 9.59 Å². The molecule has 2 aromatic rings. The average Bonchev–Trinajstić information content (AvgIpc) is 3.15. The largest absolute Gasteiger partial charge is 0.493 e. The van der Waals surface area contributed by atoms with Crippen molar-refractivity contribution in [3.8, 4) is 11.5 Å². The normalized spacial score (nSPS) is 11.5. The molecule has 0 aliphatic rings. The summed E-state index contributed by atoms with van der Waals surface area (Å²) in [5.74, 6) is 0.377. The molecule has 0 saturated heterocycles. The van der Waals surface area contributed by atoms with Crippen molar-refractivity contribution in [3.05, 3.63) is 47.8 Å². The quantitative estimate of drug-likeness (QED) is 0.778. The molecule has 1 heterocycles. The number of nitrogens with zero attached hydrogens (tertiary/aromatic N) is 1. The summed E-state index contributed by atoms with van der Waals surface area (Å²) in [6, 6.07) is 7.02. The molecule has 0 aliphatic heterocycles. The number of hydrogen-bond donors (Lipinski definition) is 1. The number of aromatic nitrogens is 1. The molecule has 1 atom stereocenters. The average molecular weight is 346 g/mol. The minimum absolute atomic E-state index is 0.293. The van der Waals surface area contributed by atoms with Gasteiger partial charge < -0.3 is 24.1 Å². The Hall–Kier alpha value is -2.96. The van der Waals surface area contributed by atoms with Gasteiger partial charge in [-0.3, -0.25) is 4.79 Å². The highest BCUT2D eigenvalue weighted by Crippen LogP contribution is 2.28. The second kappa shape index (κ2) is 8.23. The highest BCUT2D eigenvalue weighted by Gasteiger charge is 2.22. The predicted octanol–water partition coefficient (Wildman–Crippen LogP) is 2.24. The number of aromatic amines is 1. The summed E-state index contributed by atoms with van der Waals surface area (Å²) >= 11 is 0. The fourth-order valence-corrected chi connectivity index (χ4v) is 2.37. The second-order valence-electron chi connectivity index (χ2n) is 5.53. The van der Waals surface area contributed by atoms with Crippen LogP contribution in [-0.2, 0) is 16.1 Å². The first-order valence-corrected chi connectivity index (χ1v) is 7.76. The van der Waals surface area contributed by atoms with Gasteiger partial charge in [-0.25, -0.2) is 4.79 Å². The molecule has 0 fully saturated rings. The van der Waals surface area contributed by atoms with Crippen molar-refractivity contribution in [1.82, 2.24) is 9.88 Å². The van der Waals surface area contributed by atoms with Crippen LogP contribution in [0.3, 0.4) is 0 Å². The van der Waals surface area contributed by atoms with Crippen LogP contribution in [0.15, 0.2) is 36.7 Å². The number of amides is 1. The Morgan fingerprint density at radius 1 is 1.16 bits per heavy atom. The number of nitrogens with one attached hydrogen (secondary N) is 1. The first-order chi connectivity index (χ1) is 12.0. The Morgan fingerprint density at radius 3 is 2.48 bits per heavy atom. The Bertz CT molecular complexity index is 727. The van der Waals surface area contributed by atoms with Crippen LogP contribution in [0.2, 0.25) is 0 Å². The third-order valence-corrected chi connectivity index (χ3v) is 3.71. The molecule has 25 heavy (non-hydrogen) atoms. The van der Waals surface area contributed by atoms with Gasteiger partial charge in [0.2, 0.25) is 0 Å². The van der Waals surface area contributed by atoms with Crippen molar-refractivity contribution in [2.45, 2.75) is 19.6 Å². The molecule has 0 spiro atoms. The highest BCUT2D eigenvalue weighted by molar-refractivity contribution is 5.91. The molecular formula is C18H22N2O5. The van der Waals surface area contributed by atoms with E-state index < -0.39 is 12.1 Å². The van der Waals surface area contributed by atoms with E-state index in [1.165, 1.54) is 11.1 Å². The number of esters is 1. The number of carbonyl (C=O) groups is 2. The number of methoxy groups -OCH3 is 2. The summed E-state index contributed by atoms with van der Waals surface area (Å²) in [5, 5.41) is 0. The standard InChI is InChI=1S/C18H22N2O5/c1-12(25-18(22)14-7-8-19-10-14)17(21)20(2)11-13-5-6-15(23-3)16(9-13)24-4/h5-10,12,19H,11H2,1-4H3. The van der Waals surface area contributed by atoms with Gasteiger partial charge in [0.25, 0.3) is 5.91 Å². The number of H-pyrrole nitrogens is 1. The number of ether oxygens (including phenoxy) is 3. The zero-order valence-corrected chi connectivity index (χ0v) is 14.7. The molecule has 0 bridgehead atoms. The van der Waals surface area contributed by atoms with Crippen LogP contribution in [0.4, 0.5) is 0 Å². The van der Waals surface area contributed by atoms with Crippen molar-refractivity contribution < 1.29 is 23.8 Å². The van der Waals surface area contributed by atoms with Crippen LogP contribution in [0.1, 0.15) is 22.8 Å². The Morgan fingerprint density at radius 2 is 1.88 bits per heavy atom. The molecule has 1 amide bonds. The Labute approximate surface area is 146 Å². The number of hydrogen-bond acceptors (Lipinski definition) is 5. The zero-order chi connectivity index (χ0) is 18.4. The van der Waals surface area contributed by atoms with Crippen LogP contribution < -0.4 is 9.47 Å². The SMILES string of the molecule is COc1ccc(CN(C)C(=O)C(C)OC(=O)c2cc[nH]c2)cc1OC. The van der Waals surface area contributed by atoms with Crippen molar-refractivity contribution >= 4 is 11.9 Å². The van der Waals surface area contributed by atoms with Gasteiger partial charge in [0.1, 0.15) is 0 Å². The van der Waals surface area contributed by atoms with Gasteiger partial charge in [-0.15, -0.1) is 0 Å². The number of benzene rings is 1. The molecule has 2 rings (SSSR count). The minimum Gasteiger partial charge on any atom is -0.493 e. The lowest BCUT2D eigenvalue weighted by Gasteiger charge is -2.22. The highest BCUT2D eigenvalue weighted by atomic mass is 16.5. The van der Waals surface area contributed by atoms with Crippen molar-refractivity contribution in [1.29, 1.82) is 0 Å². The molecule has 134 valence electrons. The first-order valence-electron chi connectivity index (χ1n) is 7.76. The van der Waals surface area contributed by atoms with Crippen LogP contribution >= 0.6 is 0 Å². The summed E-state index contributed by atoms with van der Waals surface area (Å²) in [4.78, 5) is 28.6. The van der Waals surface area contributed by atoms with E-state index in [1.807, 2.05) is 6.07 Å². The number of rotatable bonds is 7. The van der Waals surface area contributed by atoms with E-state index in [0.29, 0.717) is 23.6 Å². The molecule has 7 heteroatoms. The molecular weight excluding hydrogens is 324 g/mol. The number of likely N-dealkylation sites (N-methyl/N-ethyl adjacent to an activating group) is 1. The molecule has 0 aliphatic carbocycles. The summed E-state index contributed by atoms with van der Waals surface area (Å²) in [6.45, 7) is 1.91. The van der Waals surface area contributed by atoms with Gasteiger partial charge in [0.15, 0.2) is 17.6 Å². The van der Waals surface area contributed by atoms with E-state index in [4.69, 9.17) is 14.2 Å². The monoisotopic (exact) mass is 346 g/mol. The molecule has 7 nitrogen and oxygen atoms in total. The lowest BCUT2D eigenvalue weighted by Crippen LogP contribution is -2.37. The second-order valence-corrected chi connectivity index (χ2v) is 5.53. The summed E-state index contributed by atoms with van der Waals surface area (Å²) < 4.78 is 15.7. The summed E-state index contributed by atoms with van der Waals surface area (Å²) in [6.07, 6.45) is 2.26. The Kier molecular flexibility index (Phi) is 6.05. The fraction of sp³-hybridized carbons (Fsp3) is 0.333. The number of carbonyl (C=O) groups excluding carboxylic acids is 2. The van der Waals surface area contributed by atoms with E-state index >= 15 is 0 Å². The van der Waals surface area contributed by atoms with Crippen LogP contribution in [0.25, 0.3) is 0 Å². The lowest BCUT2D eigenvalue weighted by molar-refractivity contribution is -0.139. The zero-order valence-electron chi connectivity index (χ0n) is 14.7. The molecule has 1 aromatic carbocycles. The van der Waals surface area contributed by atoms with Crippen molar-refractivity contribution in [2.75, 3.05) is 21.3 Å². The Balaban J connectivity index is 1.98. The van der Waals surface area contributed by atoms with Crippen molar-refractivity contribution in [2.24, 2.45) is 0 Å². The lowest BCUT2D eigenvalue weighted by atomic mass is 10.2. The van der Waals surface area contributed by atoms with Crippen LogP contribution in [-0.4, -0.2) is 49.1 Å². The third-order valence-electron chi connectivity index (χ3n) is 3.71. The molecule has 0 saturated carbocycles. The van der Waals surface area contributed by atoms with Gasteiger partial charge in [-0.1, -0.05) is 6.07 Å². The fourth-order valence-electron chi connectivity index (χ4n) is 2.37. The third kappa shape index (κ3) is 4.53. The van der Waals surface area contributed by atoms with Crippen LogP contribution in [0, 0.1) is 0 Å². The van der Waals surface area contributed by atoms with Crippen LogP contribution in [0.5, 0.6) is 11.5 Å². The summed E-state index contributed by atoms with van der Waals surface area (Å²) in [5.41, 5.74) is 1.25. The van der Waals surface area contributed by atoms with E-state index in [-0.39, 0.29) is 5.91 Å². The maximum absolute atomic E-state index is 12.4. The van der Waals surface area contributed by atoms with Crippen molar-refractivity contribution in [3.63, 3.8) is 0 Å². The predicted molar refractivity (Wildman–Crippen MR) is 91.7 cm³/mol. The summed E-state index contributed by atoms with van der Waals surface area (Å²) in [7, 11) is 4.77. The maximum Gasteiger partial charge on any atom is 0.340 e. The first kappa shape index (κ1) is 18.4. The van der Waals surface area contributed by atoms with E-state index in [1.54, 1.807) is 52.6 Å². The minimum atomic E-state index is -0.882. The molecule has 1 aromatic heterocycles. The van der Waals surface area contributed by atoms with Gasteiger partial charge in [-0.2, -0.15) is 0 Å². The molecule has 1 N–H and O–H groups in total. The van der Waals surface area contributed by atoms with E-state index in [0.717, 1.165) is 5.56 Å². The molecule has 0 radical (unpaired) electrons. The van der Waals surface area contributed by atoms with Gasteiger partial charge in [-0.05, 0) is 30.7 Å². The topological polar surface area (TPSA) is 80.9 Å². The van der Waals surface area contributed by atoms with Gasteiger partial charge >= 0.3 is 5.97 Å². The van der Waals surface area contributed by atoms with Gasteiger partial charge in [0.05, 0.1) is 19.8 Å². The smallest absolute Gasteiger partial charge is 0.340 e. The molecule has 1 unspecified atom stereocenters. The van der Waals surface area contributed by atoms with E-state index in [2.05, 4.69) is 4.98 Å². The maximum atomic E-state index is 12.4. The van der Waals surface area contributed by atoms with Gasteiger partial charge in [0, 0.05) is 26.0 Å².